The van der Waals surface area contributed by atoms with E-state index < -0.39 is 0 Å². The maximum absolute atomic E-state index is 13.2. The van der Waals surface area contributed by atoms with Gasteiger partial charge in [0.1, 0.15) is 17.2 Å². The van der Waals surface area contributed by atoms with Gasteiger partial charge in [0.2, 0.25) is 0 Å². The molecule has 2 aromatic carbocycles. The molecule has 0 saturated carbocycles. The molecular weight excluding hydrogens is 428 g/mol. The molecule has 0 spiro atoms. The average molecular weight is 451 g/mol. The van der Waals surface area contributed by atoms with E-state index in [-0.39, 0.29) is 5.91 Å². The lowest BCUT2D eigenvalue weighted by molar-refractivity contribution is -0.113. The van der Waals surface area contributed by atoms with Gasteiger partial charge in [0.15, 0.2) is 5.17 Å². The number of carbonyl (C=O) groups excluding carboxylic acids is 1. The van der Waals surface area contributed by atoms with Gasteiger partial charge in [-0.3, -0.25) is 9.69 Å². The minimum absolute atomic E-state index is 0.135. The van der Waals surface area contributed by atoms with Crippen molar-refractivity contribution in [2.75, 3.05) is 23.9 Å². The van der Waals surface area contributed by atoms with Crippen molar-refractivity contribution in [3.05, 3.63) is 82.7 Å². The van der Waals surface area contributed by atoms with E-state index >= 15 is 0 Å². The number of amides is 1. The van der Waals surface area contributed by atoms with Crippen LogP contribution in [0.25, 0.3) is 6.08 Å². The molecule has 158 valence electrons. The highest BCUT2D eigenvalue weighted by Gasteiger charge is 2.32. The Labute approximate surface area is 190 Å². The van der Waals surface area contributed by atoms with E-state index in [2.05, 4.69) is 4.99 Å². The van der Waals surface area contributed by atoms with E-state index in [1.165, 1.54) is 11.8 Å². The van der Waals surface area contributed by atoms with E-state index in [1.54, 1.807) is 16.2 Å². The topological polar surface area (TPSA) is 51.1 Å². The standard InChI is InChI=1S/C24H22N2O3S2/c1-2-28-20-12-10-18(11-13-20)26-23(27)22(17-21-9-6-15-30-21)25-24(26)31-16-14-29-19-7-4-3-5-8-19/h3-13,15,17H,2,14,16H2,1H3. The molecule has 1 aliphatic heterocycles. The molecule has 0 atom stereocenters. The highest BCUT2D eigenvalue weighted by Crippen LogP contribution is 2.31. The number of aliphatic imine (C=N–C) groups is 1. The molecule has 2 heterocycles. The van der Waals surface area contributed by atoms with Crippen molar-refractivity contribution in [1.82, 2.24) is 0 Å². The van der Waals surface area contributed by atoms with Crippen molar-refractivity contribution in [1.29, 1.82) is 0 Å². The summed E-state index contributed by atoms with van der Waals surface area (Å²) in [7, 11) is 0. The average Bonchev–Trinajstić information content (AvgIpc) is 3.41. The van der Waals surface area contributed by atoms with Crippen LogP contribution in [0.3, 0.4) is 0 Å². The number of para-hydroxylation sites is 1. The maximum atomic E-state index is 13.2. The summed E-state index contributed by atoms with van der Waals surface area (Å²) >= 11 is 3.08. The summed E-state index contributed by atoms with van der Waals surface area (Å²) in [6.45, 7) is 3.06. The monoisotopic (exact) mass is 450 g/mol. The number of anilines is 1. The highest BCUT2D eigenvalue weighted by atomic mass is 32.2. The lowest BCUT2D eigenvalue weighted by Gasteiger charge is -2.18. The second-order valence-electron chi connectivity index (χ2n) is 6.52. The summed E-state index contributed by atoms with van der Waals surface area (Å²) in [4.78, 5) is 20.5. The SMILES string of the molecule is CCOc1ccc(N2C(=O)C(=Cc3cccs3)N=C2SCCOc2ccccc2)cc1. The second-order valence-corrected chi connectivity index (χ2v) is 8.56. The van der Waals surface area contributed by atoms with Gasteiger partial charge in [0, 0.05) is 10.6 Å². The smallest absolute Gasteiger partial charge is 0.283 e. The van der Waals surface area contributed by atoms with Crippen LogP contribution >= 0.6 is 23.1 Å². The Morgan fingerprint density at radius 2 is 1.77 bits per heavy atom. The Hall–Kier alpha value is -3.03. The first-order valence-corrected chi connectivity index (χ1v) is 11.8. The number of thiophene rings is 1. The van der Waals surface area contributed by atoms with Crippen LogP contribution < -0.4 is 14.4 Å². The summed E-state index contributed by atoms with van der Waals surface area (Å²) in [6, 6.07) is 21.1. The van der Waals surface area contributed by atoms with Gasteiger partial charge in [-0.15, -0.1) is 11.3 Å². The summed E-state index contributed by atoms with van der Waals surface area (Å²) in [5.41, 5.74) is 1.20. The van der Waals surface area contributed by atoms with Crippen LogP contribution in [0, 0.1) is 0 Å². The predicted molar refractivity (Wildman–Crippen MR) is 129 cm³/mol. The third kappa shape index (κ3) is 5.37. The third-order valence-electron chi connectivity index (χ3n) is 4.38. The van der Waals surface area contributed by atoms with E-state index in [4.69, 9.17) is 9.47 Å². The fourth-order valence-corrected chi connectivity index (χ4v) is 4.48. The normalized spacial score (nSPS) is 14.7. The Bertz CT molecular complexity index is 1060. The van der Waals surface area contributed by atoms with E-state index in [9.17, 15) is 4.79 Å². The molecule has 1 aromatic heterocycles. The Morgan fingerprint density at radius 1 is 1.00 bits per heavy atom. The van der Waals surface area contributed by atoms with Crippen LogP contribution in [0.5, 0.6) is 11.5 Å². The fraction of sp³-hybridized carbons (Fsp3) is 0.167. The number of thioether (sulfide) groups is 1. The fourth-order valence-electron chi connectivity index (χ4n) is 3.00. The predicted octanol–water partition coefficient (Wildman–Crippen LogP) is 5.70. The zero-order chi connectivity index (χ0) is 21.5. The first kappa shape index (κ1) is 21.2. The van der Waals surface area contributed by atoms with Gasteiger partial charge in [-0.25, -0.2) is 4.99 Å². The first-order valence-electron chi connectivity index (χ1n) is 9.96. The molecule has 1 amide bonds. The lowest BCUT2D eigenvalue weighted by atomic mass is 10.2. The molecule has 0 aliphatic carbocycles. The van der Waals surface area contributed by atoms with Gasteiger partial charge in [0.25, 0.3) is 5.91 Å². The number of rotatable bonds is 8. The highest BCUT2D eigenvalue weighted by molar-refractivity contribution is 8.14. The van der Waals surface area contributed by atoms with Crippen molar-refractivity contribution < 1.29 is 14.3 Å². The molecular formula is C24H22N2O3S2. The minimum Gasteiger partial charge on any atom is -0.494 e. The number of benzene rings is 2. The Morgan fingerprint density at radius 3 is 2.48 bits per heavy atom. The van der Waals surface area contributed by atoms with Gasteiger partial charge in [0.05, 0.1) is 18.9 Å². The first-order chi connectivity index (χ1) is 15.2. The van der Waals surface area contributed by atoms with E-state index in [0.29, 0.717) is 29.8 Å². The Kier molecular flexibility index (Phi) is 7.07. The van der Waals surface area contributed by atoms with Gasteiger partial charge in [-0.2, -0.15) is 0 Å². The molecule has 4 rings (SSSR count). The molecule has 1 aliphatic rings. The molecule has 0 N–H and O–H groups in total. The van der Waals surface area contributed by atoms with Crippen LogP contribution in [-0.2, 0) is 4.79 Å². The molecule has 3 aromatic rings. The van der Waals surface area contributed by atoms with Crippen molar-refractivity contribution in [2.45, 2.75) is 6.92 Å². The lowest BCUT2D eigenvalue weighted by Crippen LogP contribution is -2.30. The van der Waals surface area contributed by atoms with Gasteiger partial charge < -0.3 is 9.47 Å². The second kappa shape index (κ2) is 10.3. The van der Waals surface area contributed by atoms with Crippen LogP contribution in [0.2, 0.25) is 0 Å². The zero-order valence-electron chi connectivity index (χ0n) is 17.1. The quantitative estimate of drug-likeness (QED) is 0.326. The van der Waals surface area contributed by atoms with Crippen molar-refractivity contribution in [3.8, 4) is 11.5 Å². The molecule has 7 heteroatoms. The van der Waals surface area contributed by atoms with Crippen molar-refractivity contribution in [2.24, 2.45) is 4.99 Å². The number of amidine groups is 1. The number of ether oxygens (including phenoxy) is 2. The van der Waals surface area contributed by atoms with Crippen molar-refractivity contribution >= 4 is 45.9 Å². The van der Waals surface area contributed by atoms with Crippen LogP contribution in [0.1, 0.15) is 11.8 Å². The Balaban J connectivity index is 1.51. The molecule has 0 radical (unpaired) electrons. The van der Waals surface area contributed by atoms with Gasteiger partial charge in [-0.05, 0) is 60.8 Å². The minimum atomic E-state index is -0.135. The van der Waals surface area contributed by atoms with Crippen LogP contribution in [0.15, 0.2) is 82.8 Å². The van der Waals surface area contributed by atoms with Gasteiger partial charge in [-0.1, -0.05) is 36.0 Å². The number of carbonyl (C=O) groups is 1. The summed E-state index contributed by atoms with van der Waals surface area (Å²) in [5, 5.41) is 2.63. The number of hydrogen-bond donors (Lipinski definition) is 0. The molecule has 5 nitrogen and oxygen atoms in total. The zero-order valence-corrected chi connectivity index (χ0v) is 18.7. The van der Waals surface area contributed by atoms with E-state index in [1.807, 2.05) is 85.1 Å². The van der Waals surface area contributed by atoms with Crippen LogP contribution in [0.4, 0.5) is 5.69 Å². The molecule has 0 unspecified atom stereocenters. The maximum Gasteiger partial charge on any atom is 0.283 e. The number of hydrogen-bond acceptors (Lipinski definition) is 6. The molecule has 0 saturated heterocycles. The molecule has 0 fully saturated rings. The third-order valence-corrected chi connectivity index (χ3v) is 6.11. The van der Waals surface area contributed by atoms with Crippen molar-refractivity contribution in [3.63, 3.8) is 0 Å². The van der Waals surface area contributed by atoms with E-state index in [0.717, 1.165) is 22.1 Å². The molecule has 0 bridgehead atoms. The van der Waals surface area contributed by atoms with Gasteiger partial charge >= 0.3 is 0 Å². The molecule has 31 heavy (non-hydrogen) atoms. The number of nitrogens with zero attached hydrogens (tertiary/aromatic N) is 2. The summed E-state index contributed by atoms with van der Waals surface area (Å²) in [6.07, 6.45) is 1.84. The van der Waals surface area contributed by atoms with Crippen LogP contribution in [-0.4, -0.2) is 30.0 Å². The summed E-state index contributed by atoms with van der Waals surface area (Å²) < 4.78 is 11.3. The largest absolute Gasteiger partial charge is 0.494 e. The summed E-state index contributed by atoms with van der Waals surface area (Å²) in [5.74, 6) is 2.13.